The lowest BCUT2D eigenvalue weighted by Gasteiger charge is -2.25. The number of nitrogens with zero attached hydrogens (tertiary/aromatic N) is 1. The largest absolute Gasteiger partial charge is 0.214 e. The lowest BCUT2D eigenvalue weighted by atomic mass is 10.0. The van der Waals surface area contributed by atoms with Gasteiger partial charge in [0.15, 0.2) is 0 Å². The van der Waals surface area contributed by atoms with E-state index in [9.17, 15) is 8.42 Å². The van der Waals surface area contributed by atoms with Crippen molar-refractivity contribution >= 4 is 10.0 Å². The molecule has 0 N–H and O–H groups in total. The van der Waals surface area contributed by atoms with Crippen LogP contribution in [0.15, 0.2) is 24.3 Å². The molecule has 0 aliphatic carbocycles. The second kappa shape index (κ2) is 4.78. The summed E-state index contributed by atoms with van der Waals surface area (Å²) in [4.78, 5) is 0. The first-order valence-corrected chi connectivity index (χ1v) is 7.72. The summed E-state index contributed by atoms with van der Waals surface area (Å²) in [7, 11) is -3.08. The molecular weight excluding hydrogens is 234 g/mol. The molecule has 0 amide bonds. The Hall–Kier alpha value is -0.870. The van der Waals surface area contributed by atoms with Crippen LogP contribution < -0.4 is 0 Å². The molecule has 0 radical (unpaired) electrons. The van der Waals surface area contributed by atoms with E-state index in [2.05, 4.69) is 0 Å². The summed E-state index contributed by atoms with van der Waals surface area (Å²) in [6, 6.07) is 8.11. The van der Waals surface area contributed by atoms with Crippen LogP contribution in [0.25, 0.3) is 0 Å². The van der Waals surface area contributed by atoms with Crippen LogP contribution in [0.5, 0.6) is 0 Å². The van der Waals surface area contributed by atoms with Crippen LogP contribution >= 0.6 is 0 Å². The molecular formula is C13H19NO2S. The van der Waals surface area contributed by atoms with E-state index >= 15 is 0 Å². The highest BCUT2D eigenvalue weighted by molar-refractivity contribution is 7.89. The molecule has 1 fully saturated rings. The summed E-state index contributed by atoms with van der Waals surface area (Å²) in [5.41, 5.74) is 2.33. The van der Waals surface area contributed by atoms with Crippen LogP contribution in [0.3, 0.4) is 0 Å². The van der Waals surface area contributed by atoms with Gasteiger partial charge >= 0.3 is 0 Å². The first-order chi connectivity index (χ1) is 8.06. The van der Waals surface area contributed by atoms with Gasteiger partial charge in [0.05, 0.1) is 5.75 Å². The Bertz CT molecular complexity index is 496. The molecule has 0 bridgehead atoms. The van der Waals surface area contributed by atoms with Gasteiger partial charge in [0.1, 0.15) is 0 Å². The van der Waals surface area contributed by atoms with E-state index in [0.29, 0.717) is 6.54 Å². The maximum Gasteiger partial charge on any atom is 0.214 e. The van der Waals surface area contributed by atoms with E-state index < -0.39 is 10.0 Å². The monoisotopic (exact) mass is 253 g/mol. The second-order valence-electron chi connectivity index (χ2n) is 4.53. The molecule has 0 spiro atoms. The van der Waals surface area contributed by atoms with Crippen molar-refractivity contribution in [1.82, 2.24) is 4.31 Å². The molecule has 0 aromatic heterocycles. The summed E-state index contributed by atoms with van der Waals surface area (Å²) in [6.45, 7) is 4.42. The maximum absolute atomic E-state index is 12.0. The topological polar surface area (TPSA) is 37.4 Å². The predicted octanol–water partition coefficient (Wildman–Crippen LogP) is 2.48. The van der Waals surface area contributed by atoms with Crippen molar-refractivity contribution in [2.45, 2.75) is 32.7 Å². The summed E-state index contributed by atoms with van der Waals surface area (Å²) in [6.07, 6.45) is 1.89. The quantitative estimate of drug-likeness (QED) is 0.830. The average Bonchev–Trinajstić information content (AvgIpc) is 2.79. The molecule has 1 saturated heterocycles. The lowest BCUT2D eigenvalue weighted by molar-refractivity contribution is 0.396. The Morgan fingerprint density at radius 3 is 2.71 bits per heavy atom. The zero-order valence-electron chi connectivity index (χ0n) is 10.4. The molecule has 1 atom stereocenters. The van der Waals surface area contributed by atoms with Gasteiger partial charge in [-0.25, -0.2) is 8.42 Å². The first kappa shape index (κ1) is 12.6. The van der Waals surface area contributed by atoms with Gasteiger partial charge in [0.2, 0.25) is 10.0 Å². The molecule has 0 saturated carbocycles. The number of rotatable bonds is 3. The predicted molar refractivity (Wildman–Crippen MR) is 69.3 cm³/mol. The van der Waals surface area contributed by atoms with E-state index in [4.69, 9.17) is 0 Å². The third-order valence-corrected chi connectivity index (χ3v) is 5.35. The molecule has 3 nitrogen and oxygen atoms in total. The van der Waals surface area contributed by atoms with Gasteiger partial charge in [0, 0.05) is 12.6 Å². The normalized spacial score (nSPS) is 21.9. The van der Waals surface area contributed by atoms with Crippen molar-refractivity contribution in [1.29, 1.82) is 0 Å². The highest BCUT2D eigenvalue weighted by Gasteiger charge is 2.34. The van der Waals surface area contributed by atoms with E-state index in [-0.39, 0.29) is 11.8 Å². The molecule has 1 aliphatic heterocycles. The molecule has 1 aromatic carbocycles. The van der Waals surface area contributed by atoms with Gasteiger partial charge in [-0.1, -0.05) is 24.3 Å². The summed E-state index contributed by atoms with van der Waals surface area (Å²) in [5.74, 6) is 0.190. The van der Waals surface area contributed by atoms with Gasteiger partial charge in [-0.3, -0.25) is 0 Å². The molecule has 1 aliphatic rings. The minimum Gasteiger partial charge on any atom is -0.212 e. The van der Waals surface area contributed by atoms with Crippen molar-refractivity contribution < 1.29 is 8.42 Å². The molecule has 2 rings (SSSR count). The van der Waals surface area contributed by atoms with Crippen molar-refractivity contribution in [3.63, 3.8) is 0 Å². The standard InChI is InChI=1S/C13H19NO2S/c1-3-17(15,16)14-10-6-9-13(14)12-8-5-4-7-11(12)2/h4-5,7-8,13H,3,6,9-10H2,1-2H3/t13-/m0/s1. The van der Waals surface area contributed by atoms with E-state index in [0.717, 1.165) is 18.4 Å². The Labute approximate surface area is 104 Å². The summed E-state index contributed by atoms with van der Waals surface area (Å²) < 4.78 is 25.7. The zero-order chi connectivity index (χ0) is 12.5. The Morgan fingerprint density at radius 2 is 2.06 bits per heavy atom. The second-order valence-corrected chi connectivity index (χ2v) is 6.74. The van der Waals surface area contributed by atoms with Gasteiger partial charge in [0.25, 0.3) is 0 Å². The van der Waals surface area contributed by atoms with Crippen molar-refractivity contribution in [2.24, 2.45) is 0 Å². The Kier molecular flexibility index (Phi) is 3.54. The maximum atomic E-state index is 12.0. The van der Waals surface area contributed by atoms with E-state index in [1.807, 2.05) is 31.2 Å². The lowest BCUT2D eigenvalue weighted by Crippen LogP contribution is -2.32. The van der Waals surface area contributed by atoms with E-state index in [1.165, 1.54) is 5.56 Å². The van der Waals surface area contributed by atoms with Crippen molar-refractivity contribution in [3.05, 3.63) is 35.4 Å². The van der Waals surface area contributed by atoms with Crippen LogP contribution in [0.4, 0.5) is 0 Å². The van der Waals surface area contributed by atoms with Gasteiger partial charge < -0.3 is 0 Å². The van der Waals surface area contributed by atoms with Gasteiger partial charge in [-0.2, -0.15) is 4.31 Å². The highest BCUT2D eigenvalue weighted by Crippen LogP contribution is 2.35. The van der Waals surface area contributed by atoms with Crippen LogP contribution in [0.2, 0.25) is 0 Å². The molecule has 17 heavy (non-hydrogen) atoms. The summed E-state index contributed by atoms with van der Waals surface area (Å²) in [5, 5.41) is 0. The number of sulfonamides is 1. The smallest absolute Gasteiger partial charge is 0.212 e. The van der Waals surface area contributed by atoms with Gasteiger partial charge in [-0.15, -0.1) is 0 Å². The number of aryl methyl sites for hydroxylation is 1. The van der Waals surface area contributed by atoms with Crippen LogP contribution in [0.1, 0.15) is 36.9 Å². The zero-order valence-corrected chi connectivity index (χ0v) is 11.2. The first-order valence-electron chi connectivity index (χ1n) is 6.11. The minimum absolute atomic E-state index is 0.0427. The molecule has 1 aromatic rings. The van der Waals surface area contributed by atoms with Gasteiger partial charge in [-0.05, 0) is 37.8 Å². The SMILES string of the molecule is CCS(=O)(=O)N1CCC[C@H]1c1ccccc1C. The Morgan fingerprint density at radius 1 is 1.35 bits per heavy atom. The number of benzene rings is 1. The summed E-state index contributed by atoms with van der Waals surface area (Å²) >= 11 is 0. The Balaban J connectivity index is 2.36. The van der Waals surface area contributed by atoms with Crippen LogP contribution in [-0.4, -0.2) is 25.0 Å². The van der Waals surface area contributed by atoms with Crippen LogP contribution in [-0.2, 0) is 10.0 Å². The van der Waals surface area contributed by atoms with Crippen LogP contribution in [0, 0.1) is 6.92 Å². The fourth-order valence-electron chi connectivity index (χ4n) is 2.51. The third kappa shape index (κ3) is 2.38. The average molecular weight is 253 g/mol. The molecule has 0 unspecified atom stereocenters. The fourth-order valence-corrected chi connectivity index (χ4v) is 3.86. The molecule has 1 heterocycles. The number of hydrogen-bond acceptors (Lipinski definition) is 2. The third-order valence-electron chi connectivity index (χ3n) is 3.47. The minimum atomic E-state index is -3.08. The van der Waals surface area contributed by atoms with Crippen molar-refractivity contribution in [2.75, 3.05) is 12.3 Å². The molecule has 4 heteroatoms. The fraction of sp³-hybridized carbons (Fsp3) is 0.538. The molecule has 94 valence electrons. The number of hydrogen-bond donors (Lipinski definition) is 0. The highest BCUT2D eigenvalue weighted by atomic mass is 32.2. The van der Waals surface area contributed by atoms with Crippen molar-refractivity contribution in [3.8, 4) is 0 Å². The van der Waals surface area contributed by atoms with E-state index in [1.54, 1.807) is 11.2 Å².